The van der Waals surface area contributed by atoms with Gasteiger partial charge in [0.1, 0.15) is 0 Å². The van der Waals surface area contributed by atoms with Crippen molar-refractivity contribution in [1.82, 2.24) is 3.71 Å². The number of carboxylic acid groups (broad SMARTS) is 1. The number of carbonyl (C=O) groups is 1. The molecule has 1 amide bonds. The summed E-state index contributed by atoms with van der Waals surface area (Å²) in [5.74, 6) is 1.19. The third kappa shape index (κ3) is 5.15. The van der Waals surface area contributed by atoms with Crippen LogP contribution in [0.2, 0.25) is 0 Å². The quantitative estimate of drug-likeness (QED) is 0.534. The average Bonchev–Trinajstić information content (AvgIpc) is 2.04. The Morgan fingerprint density at radius 1 is 1.33 bits per heavy atom. The molecule has 5 heteroatoms. The lowest BCUT2D eigenvalue weighted by Crippen LogP contribution is -2.14. The van der Waals surface area contributed by atoms with Gasteiger partial charge in [-0.2, -0.15) is 3.71 Å². The predicted octanol–water partition coefficient (Wildman–Crippen LogP) is 2.63. The Labute approximate surface area is 80.8 Å². The third-order valence-corrected chi connectivity index (χ3v) is 2.96. The first-order valence-corrected chi connectivity index (χ1v) is 5.11. The Bertz CT molecular complexity index is 161. The fraction of sp³-hybridized carbons (Fsp3) is 0.286. The minimum absolute atomic E-state index is 0.594. The van der Waals surface area contributed by atoms with E-state index in [4.69, 9.17) is 5.11 Å². The van der Waals surface area contributed by atoms with E-state index in [1.165, 1.54) is 27.6 Å². The van der Waals surface area contributed by atoms with Crippen molar-refractivity contribution in [3.63, 3.8) is 0 Å². The topological polar surface area (TPSA) is 40.5 Å². The highest BCUT2D eigenvalue weighted by atomic mass is 32.2. The summed E-state index contributed by atoms with van der Waals surface area (Å²) in [5, 5.41) is 8.64. The second-order valence-electron chi connectivity index (χ2n) is 1.71. The van der Waals surface area contributed by atoms with E-state index in [0.717, 1.165) is 0 Å². The first kappa shape index (κ1) is 11.4. The molecule has 0 spiro atoms. The maximum Gasteiger partial charge on any atom is 0.427 e. The summed E-state index contributed by atoms with van der Waals surface area (Å²) in [5.41, 5.74) is 0. The molecule has 0 saturated carbocycles. The van der Waals surface area contributed by atoms with Crippen molar-refractivity contribution in [2.24, 2.45) is 0 Å². The molecule has 0 aromatic carbocycles. The highest BCUT2D eigenvalue weighted by Crippen LogP contribution is 2.21. The van der Waals surface area contributed by atoms with Crippen molar-refractivity contribution >= 4 is 30.0 Å². The average molecular weight is 205 g/mol. The monoisotopic (exact) mass is 205 g/mol. The molecule has 1 N–H and O–H groups in total. The summed E-state index contributed by atoms with van der Waals surface area (Å²) in [6.45, 7) is 7.00. The minimum Gasteiger partial charge on any atom is -0.464 e. The molecule has 0 unspecified atom stereocenters. The maximum atomic E-state index is 10.5. The van der Waals surface area contributed by atoms with Gasteiger partial charge in [0.2, 0.25) is 0 Å². The largest absolute Gasteiger partial charge is 0.464 e. The number of rotatable bonds is 6. The molecule has 0 aromatic heterocycles. The van der Waals surface area contributed by atoms with E-state index in [1.54, 1.807) is 12.2 Å². The van der Waals surface area contributed by atoms with E-state index < -0.39 is 6.09 Å². The van der Waals surface area contributed by atoms with E-state index in [1.807, 2.05) is 0 Å². The van der Waals surface area contributed by atoms with Crippen LogP contribution in [-0.4, -0.2) is 26.4 Å². The summed E-state index contributed by atoms with van der Waals surface area (Å²) in [6.07, 6.45) is 2.37. The van der Waals surface area contributed by atoms with Gasteiger partial charge in [0.25, 0.3) is 0 Å². The molecule has 0 rings (SSSR count). The molecular formula is C7H11NO2S2. The fourth-order valence-electron chi connectivity index (χ4n) is 0.389. The van der Waals surface area contributed by atoms with Gasteiger partial charge in [-0.3, -0.25) is 0 Å². The van der Waals surface area contributed by atoms with Gasteiger partial charge in [-0.25, -0.2) is 4.79 Å². The smallest absolute Gasteiger partial charge is 0.427 e. The van der Waals surface area contributed by atoms with Crippen molar-refractivity contribution in [2.45, 2.75) is 0 Å². The van der Waals surface area contributed by atoms with E-state index in [2.05, 4.69) is 13.2 Å². The van der Waals surface area contributed by atoms with E-state index >= 15 is 0 Å². The first-order chi connectivity index (χ1) is 5.72. The van der Waals surface area contributed by atoms with Crippen LogP contribution in [0.4, 0.5) is 4.79 Å². The number of nitrogens with zero attached hydrogens (tertiary/aromatic N) is 1. The molecule has 68 valence electrons. The van der Waals surface area contributed by atoms with E-state index in [0.29, 0.717) is 11.5 Å². The molecule has 3 nitrogen and oxygen atoms in total. The lowest BCUT2D eigenvalue weighted by Gasteiger charge is -2.13. The molecular weight excluding hydrogens is 194 g/mol. The van der Waals surface area contributed by atoms with Crippen LogP contribution in [0, 0.1) is 0 Å². The van der Waals surface area contributed by atoms with Crippen molar-refractivity contribution in [2.75, 3.05) is 11.5 Å². The molecule has 0 aliphatic rings. The molecule has 0 saturated heterocycles. The molecule has 0 fully saturated rings. The standard InChI is InChI=1S/C7H11NO2S2/c1-3-5-11-8(7(9)10)12-6-4-2/h3-4H,1-2,5-6H2,(H,9,10). The first-order valence-electron chi connectivity index (χ1n) is 3.23. The van der Waals surface area contributed by atoms with Crippen molar-refractivity contribution < 1.29 is 9.90 Å². The molecule has 0 aromatic rings. The summed E-state index contributed by atoms with van der Waals surface area (Å²) < 4.78 is 1.20. The zero-order chi connectivity index (χ0) is 9.40. The molecule has 0 aliphatic heterocycles. The van der Waals surface area contributed by atoms with Crippen LogP contribution in [-0.2, 0) is 0 Å². The van der Waals surface area contributed by atoms with Gasteiger partial charge in [0, 0.05) is 11.5 Å². The maximum absolute atomic E-state index is 10.5. The Balaban J connectivity index is 3.77. The predicted molar refractivity (Wildman–Crippen MR) is 55.2 cm³/mol. The zero-order valence-electron chi connectivity index (χ0n) is 6.60. The Kier molecular flexibility index (Phi) is 6.79. The van der Waals surface area contributed by atoms with Gasteiger partial charge in [0.15, 0.2) is 0 Å². The highest BCUT2D eigenvalue weighted by Gasteiger charge is 2.10. The Morgan fingerprint density at radius 3 is 2.00 bits per heavy atom. The van der Waals surface area contributed by atoms with Crippen LogP contribution in [0.25, 0.3) is 0 Å². The van der Waals surface area contributed by atoms with Gasteiger partial charge in [-0.15, -0.1) is 13.2 Å². The summed E-state index contributed by atoms with van der Waals surface area (Å²) in [6, 6.07) is 0. The van der Waals surface area contributed by atoms with Crippen molar-refractivity contribution in [3.8, 4) is 0 Å². The lowest BCUT2D eigenvalue weighted by atomic mass is 10.8. The second kappa shape index (κ2) is 7.12. The van der Waals surface area contributed by atoms with Gasteiger partial charge >= 0.3 is 6.09 Å². The van der Waals surface area contributed by atoms with Crippen molar-refractivity contribution in [3.05, 3.63) is 25.3 Å². The molecule has 0 radical (unpaired) electrons. The fourth-order valence-corrected chi connectivity index (χ4v) is 1.75. The van der Waals surface area contributed by atoms with Gasteiger partial charge in [-0.1, -0.05) is 12.2 Å². The number of hydrogen-bond acceptors (Lipinski definition) is 3. The normalized spacial score (nSPS) is 9.00. The molecule has 0 bridgehead atoms. The van der Waals surface area contributed by atoms with Crippen LogP contribution in [0.3, 0.4) is 0 Å². The van der Waals surface area contributed by atoms with Crippen LogP contribution >= 0.6 is 23.9 Å². The summed E-state index contributed by atoms with van der Waals surface area (Å²) >= 11 is 2.40. The Morgan fingerprint density at radius 2 is 1.75 bits per heavy atom. The lowest BCUT2D eigenvalue weighted by molar-refractivity contribution is 0.191. The SMILES string of the molecule is C=CCSN(SCC=C)C(=O)O. The number of amides is 1. The van der Waals surface area contributed by atoms with Gasteiger partial charge < -0.3 is 5.11 Å². The Hall–Kier alpha value is -0.550. The van der Waals surface area contributed by atoms with Crippen LogP contribution in [0.5, 0.6) is 0 Å². The summed E-state index contributed by atoms with van der Waals surface area (Å²) in [7, 11) is 0. The van der Waals surface area contributed by atoms with Gasteiger partial charge in [0.05, 0.1) is 0 Å². The highest BCUT2D eigenvalue weighted by molar-refractivity contribution is 8.12. The molecule has 0 heterocycles. The van der Waals surface area contributed by atoms with Crippen molar-refractivity contribution in [1.29, 1.82) is 0 Å². The van der Waals surface area contributed by atoms with Gasteiger partial charge in [-0.05, 0) is 23.9 Å². The van der Waals surface area contributed by atoms with Crippen LogP contribution < -0.4 is 0 Å². The molecule has 0 atom stereocenters. The number of hydrogen-bond donors (Lipinski definition) is 1. The zero-order valence-corrected chi connectivity index (χ0v) is 8.24. The van der Waals surface area contributed by atoms with E-state index in [9.17, 15) is 4.79 Å². The van der Waals surface area contributed by atoms with E-state index in [-0.39, 0.29) is 0 Å². The second-order valence-corrected chi connectivity index (χ2v) is 3.85. The molecule has 12 heavy (non-hydrogen) atoms. The minimum atomic E-state index is -0.950. The third-order valence-electron chi connectivity index (χ3n) is 0.775. The summed E-state index contributed by atoms with van der Waals surface area (Å²) in [4.78, 5) is 10.5. The van der Waals surface area contributed by atoms with Crippen LogP contribution in [0.15, 0.2) is 25.3 Å². The molecule has 0 aliphatic carbocycles. The van der Waals surface area contributed by atoms with Crippen LogP contribution in [0.1, 0.15) is 0 Å².